The maximum atomic E-state index is 5.95. The first-order valence-electron chi connectivity index (χ1n) is 7.22. The second kappa shape index (κ2) is 6.00. The Kier molecular flexibility index (Phi) is 4.08. The Morgan fingerprint density at radius 1 is 1.05 bits per heavy atom. The topological polar surface area (TPSA) is 41.1 Å². The maximum absolute atomic E-state index is 5.95. The molecule has 0 saturated carbocycles. The summed E-state index contributed by atoms with van der Waals surface area (Å²) in [5, 5.41) is 4.10. The van der Waals surface area contributed by atoms with E-state index in [0.717, 1.165) is 59.7 Å². The van der Waals surface area contributed by atoms with Crippen LogP contribution in [-0.4, -0.2) is 36.1 Å². The zero-order valence-electron chi connectivity index (χ0n) is 12.4. The standard InChI is InChI=1S/C16H19ClN4/c1-11-12(2)19-15(13-3-5-14(17)6-4-13)20-16(11)21-9-7-18-8-10-21/h3-6,18H,7-10H2,1-2H3. The number of benzene rings is 1. The van der Waals surface area contributed by atoms with Crippen molar-refractivity contribution in [3.63, 3.8) is 0 Å². The van der Waals surface area contributed by atoms with Crippen LogP contribution in [0.1, 0.15) is 11.3 Å². The van der Waals surface area contributed by atoms with Crippen molar-refractivity contribution < 1.29 is 0 Å². The lowest BCUT2D eigenvalue weighted by atomic mass is 10.1. The molecule has 2 heterocycles. The van der Waals surface area contributed by atoms with Gasteiger partial charge in [0.25, 0.3) is 0 Å². The molecular weight excluding hydrogens is 284 g/mol. The van der Waals surface area contributed by atoms with Gasteiger partial charge in [-0.2, -0.15) is 0 Å². The van der Waals surface area contributed by atoms with Crippen molar-refractivity contribution in [3.05, 3.63) is 40.5 Å². The van der Waals surface area contributed by atoms with Crippen LogP contribution < -0.4 is 10.2 Å². The first kappa shape index (κ1) is 14.3. The van der Waals surface area contributed by atoms with Crippen LogP contribution in [0.25, 0.3) is 11.4 Å². The molecule has 1 aromatic heterocycles. The number of rotatable bonds is 2. The van der Waals surface area contributed by atoms with E-state index in [9.17, 15) is 0 Å². The number of aromatic nitrogens is 2. The van der Waals surface area contributed by atoms with Gasteiger partial charge in [0.15, 0.2) is 5.82 Å². The molecule has 0 radical (unpaired) electrons. The van der Waals surface area contributed by atoms with Crippen molar-refractivity contribution in [3.8, 4) is 11.4 Å². The molecule has 1 aromatic carbocycles. The molecule has 0 unspecified atom stereocenters. The molecule has 1 saturated heterocycles. The van der Waals surface area contributed by atoms with E-state index >= 15 is 0 Å². The number of halogens is 1. The van der Waals surface area contributed by atoms with Gasteiger partial charge in [-0.15, -0.1) is 0 Å². The van der Waals surface area contributed by atoms with Crippen LogP contribution in [0.3, 0.4) is 0 Å². The third-order valence-electron chi connectivity index (χ3n) is 3.88. The molecule has 3 rings (SSSR count). The van der Waals surface area contributed by atoms with E-state index in [2.05, 4.69) is 22.1 Å². The minimum Gasteiger partial charge on any atom is -0.354 e. The van der Waals surface area contributed by atoms with E-state index in [0.29, 0.717) is 0 Å². The first-order valence-corrected chi connectivity index (χ1v) is 7.60. The van der Waals surface area contributed by atoms with Gasteiger partial charge in [0.05, 0.1) is 0 Å². The third-order valence-corrected chi connectivity index (χ3v) is 4.13. The highest BCUT2D eigenvalue weighted by atomic mass is 35.5. The predicted molar refractivity (Wildman–Crippen MR) is 87.0 cm³/mol. The number of hydrogen-bond acceptors (Lipinski definition) is 4. The fraction of sp³-hybridized carbons (Fsp3) is 0.375. The highest BCUT2D eigenvalue weighted by molar-refractivity contribution is 6.30. The lowest BCUT2D eigenvalue weighted by Crippen LogP contribution is -2.44. The highest BCUT2D eigenvalue weighted by Gasteiger charge is 2.17. The number of nitrogens with one attached hydrogen (secondary N) is 1. The lowest BCUT2D eigenvalue weighted by Gasteiger charge is -2.30. The van der Waals surface area contributed by atoms with Gasteiger partial charge in [-0.05, 0) is 38.1 Å². The largest absolute Gasteiger partial charge is 0.354 e. The number of anilines is 1. The first-order chi connectivity index (χ1) is 10.1. The summed E-state index contributed by atoms with van der Waals surface area (Å²) in [5.74, 6) is 1.82. The molecule has 0 spiro atoms. The van der Waals surface area contributed by atoms with Crippen molar-refractivity contribution in [1.82, 2.24) is 15.3 Å². The van der Waals surface area contributed by atoms with Crippen LogP contribution in [0.4, 0.5) is 5.82 Å². The summed E-state index contributed by atoms with van der Waals surface area (Å²) in [7, 11) is 0. The number of nitrogens with zero attached hydrogens (tertiary/aromatic N) is 3. The molecule has 1 N–H and O–H groups in total. The molecule has 0 amide bonds. The summed E-state index contributed by atoms with van der Waals surface area (Å²) in [5.41, 5.74) is 3.19. The van der Waals surface area contributed by atoms with E-state index in [4.69, 9.17) is 16.6 Å². The van der Waals surface area contributed by atoms with E-state index < -0.39 is 0 Å². The summed E-state index contributed by atoms with van der Waals surface area (Å²) in [6.07, 6.45) is 0. The monoisotopic (exact) mass is 302 g/mol. The molecule has 5 heteroatoms. The minimum atomic E-state index is 0.727. The Morgan fingerprint density at radius 2 is 1.71 bits per heavy atom. The molecule has 4 nitrogen and oxygen atoms in total. The normalized spacial score (nSPS) is 15.3. The number of hydrogen-bond donors (Lipinski definition) is 1. The number of aryl methyl sites for hydroxylation is 1. The smallest absolute Gasteiger partial charge is 0.161 e. The SMILES string of the molecule is Cc1nc(-c2ccc(Cl)cc2)nc(N2CCNCC2)c1C. The van der Waals surface area contributed by atoms with E-state index in [1.165, 1.54) is 0 Å². The Hall–Kier alpha value is -1.65. The van der Waals surface area contributed by atoms with Crippen LogP contribution >= 0.6 is 11.6 Å². The van der Waals surface area contributed by atoms with Gasteiger partial charge in [0, 0.05) is 48.0 Å². The van der Waals surface area contributed by atoms with Crippen LogP contribution in [0.2, 0.25) is 5.02 Å². The summed E-state index contributed by atoms with van der Waals surface area (Å²) in [4.78, 5) is 11.8. The van der Waals surface area contributed by atoms with Crippen LogP contribution in [0.15, 0.2) is 24.3 Å². The van der Waals surface area contributed by atoms with Crippen molar-refractivity contribution in [2.24, 2.45) is 0 Å². The summed E-state index contributed by atoms with van der Waals surface area (Å²) in [6, 6.07) is 7.68. The van der Waals surface area contributed by atoms with Crippen LogP contribution in [-0.2, 0) is 0 Å². The zero-order valence-corrected chi connectivity index (χ0v) is 13.1. The third kappa shape index (κ3) is 3.01. The average Bonchev–Trinajstić information content (AvgIpc) is 2.51. The van der Waals surface area contributed by atoms with Gasteiger partial charge in [0.1, 0.15) is 5.82 Å². The Bertz CT molecular complexity index is 633. The molecular formula is C16H19ClN4. The quantitative estimate of drug-likeness (QED) is 0.926. The Balaban J connectivity index is 2.02. The van der Waals surface area contributed by atoms with Gasteiger partial charge >= 0.3 is 0 Å². The van der Waals surface area contributed by atoms with E-state index in [1.807, 2.05) is 31.2 Å². The minimum absolute atomic E-state index is 0.727. The Morgan fingerprint density at radius 3 is 2.38 bits per heavy atom. The molecule has 21 heavy (non-hydrogen) atoms. The van der Waals surface area contributed by atoms with Crippen LogP contribution in [0, 0.1) is 13.8 Å². The van der Waals surface area contributed by atoms with Gasteiger partial charge in [0.2, 0.25) is 0 Å². The van der Waals surface area contributed by atoms with E-state index in [-0.39, 0.29) is 0 Å². The molecule has 1 fully saturated rings. The Labute approximate surface area is 130 Å². The molecule has 2 aromatic rings. The summed E-state index contributed by atoms with van der Waals surface area (Å²) in [6.45, 7) is 8.10. The van der Waals surface area contributed by atoms with Crippen molar-refractivity contribution in [1.29, 1.82) is 0 Å². The van der Waals surface area contributed by atoms with Crippen LogP contribution in [0.5, 0.6) is 0 Å². The van der Waals surface area contributed by atoms with Crippen molar-refractivity contribution >= 4 is 17.4 Å². The maximum Gasteiger partial charge on any atom is 0.161 e. The molecule has 0 atom stereocenters. The van der Waals surface area contributed by atoms with Gasteiger partial charge in [-0.1, -0.05) is 11.6 Å². The summed E-state index contributed by atoms with van der Waals surface area (Å²) >= 11 is 5.95. The molecule has 0 bridgehead atoms. The fourth-order valence-electron chi connectivity index (χ4n) is 2.53. The molecule has 1 aliphatic rings. The molecule has 1 aliphatic heterocycles. The van der Waals surface area contributed by atoms with Crippen molar-refractivity contribution in [2.45, 2.75) is 13.8 Å². The zero-order chi connectivity index (χ0) is 14.8. The molecule has 110 valence electrons. The second-order valence-corrected chi connectivity index (χ2v) is 5.76. The lowest BCUT2D eigenvalue weighted by molar-refractivity contribution is 0.583. The van der Waals surface area contributed by atoms with E-state index in [1.54, 1.807) is 0 Å². The predicted octanol–water partition coefficient (Wildman–Crippen LogP) is 2.82. The van der Waals surface area contributed by atoms with Crippen molar-refractivity contribution in [2.75, 3.05) is 31.1 Å². The highest BCUT2D eigenvalue weighted by Crippen LogP contribution is 2.25. The summed E-state index contributed by atoms with van der Waals surface area (Å²) < 4.78 is 0. The van der Waals surface area contributed by atoms with Gasteiger partial charge in [-0.3, -0.25) is 0 Å². The molecule has 0 aliphatic carbocycles. The van der Waals surface area contributed by atoms with Gasteiger partial charge in [-0.25, -0.2) is 9.97 Å². The van der Waals surface area contributed by atoms with Gasteiger partial charge < -0.3 is 10.2 Å². The fourth-order valence-corrected chi connectivity index (χ4v) is 2.65. The second-order valence-electron chi connectivity index (χ2n) is 5.33. The number of piperazine rings is 1. The average molecular weight is 303 g/mol.